The van der Waals surface area contributed by atoms with Crippen LogP contribution in [0.5, 0.6) is 0 Å². The lowest BCUT2D eigenvalue weighted by atomic mass is 10.3. The van der Waals surface area contributed by atoms with Crippen LogP contribution in [0.15, 0.2) is 35.0 Å². The molecule has 2 N–H and O–H groups in total. The molecule has 1 fully saturated rings. The molecule has 3 rings (SSSR count). The van der Waals surface area contributed by atoms with Gasteiger partial charge >= 0.3 is 0 Å². The maximum atomic E-state index is 5.67. The van der Waals surface area contributed by atoms with Crippen molar-refractivity contribution in [1.82, 2.24) is 4.98 Å². The second kappa shape index (κ2) is 5.08. The van der Waals surface area contributed by atoms with Gasteiger partial charge in [-0.05, 0) is 47.4 Å². The van der Waals surface area contributed by atoms with Gasteiger partial charge in [0.05, 0.1) is 5.69 Å². The molecule has 1 aliphatic carbocycles. The number of thiophene rings is 1. The highest BCUT2D eigenvalue weighted by molar-refractivity contribution is 7.07. The minimum Gasteiger partial charge on any atom is -0.349 e. The molecule has 18 heavy (non-hydrogen) atoms. The Labute approximate surface area is 111 Å². The first-order valence-electron chi connectivity index (χ1n) is 6.30. The lowest BCUT2D eigenvalue weighted by Crippen LogP contribution is -2.26. The van der Waals surface area contributed by atoms with Gasteiger partial charge in [0.15, 0.2) is 0 Å². The van der Waals surface area contributed by atoms with Gasteiger partial charge in [0.1, 0.15) is 5.82 Å². The Balaban J connectivity index is 1.84. The third-order valence-corrected chi connectivity index (χ3v) is 3.95. The lowest BCUT2D eigenvalue weighted by Gasteiger charge is -2.23. The highest BCUT2D eigenvalue weighted by Gasteiger charge is 2.30. The van der Waals surface area contributed by atoms with Crippen LogP contribution in [-0.4, -0.2) is 11.0 Å². The van der Waals surface area contributed by atoms with E-state index in [2.05, 4.69) is 32.8 Å². The van der Waals surface area contributed by atoms with Crippen LogP contribution in [0.3, 0.4) is 0 Å². The van der Waals surface area contributed by atoms with E-state index in [0.717, 1.165) is 18.1 Å². The Morgan fingerprint density at radius 2 is 2.22 bits per heavy atom. The molecule has 0 spiro atoms. The standard InChI is InChI=1S/C14H17N3S/c15-8-12-2-1-3-14(16-12)17(13-4-5-13)9-11-6-7-18-10-11/h1-3,6-7,10,13H,4-5,8-9,15H2. The first-order valence-corrected chi connectivity index (χ1v) is 7.25. The zero-order valence-corrected chi connectivity index (χ0v) is 11.1. The van der Waals surface area contributed by atoms with Crippen molar-refractivity contribution in [2.24, 2.45) is 5.73 Å². The van der Waals surface area contributed by atoms with Crippen molar-refractivity contribution in [3.8, 4) is 0 Å². The van der Waals surface area contributed by atoms with Crippen molar-refractivity contribution >= 4 is 17.2 Å². The average molecular weight is 259 g/mol. The predicted molar refractivity (Wildman–Crippen MR) is 75.7 cm³/mol. The minimum atomic E-state index is 0.505. The van der Waals surface area contributed by atoms with Crippen molar-refractivity contribution < 1.29 is 0 Å². The summed E-state index contributed by atoms with van der Waals surface area (Å²) >= 11 is 1.75. The van der Waals surface area contributed by atoms with E-state index in [0.29, 0.717) is 12.6 Å². The molecule has 3 nitrogen and oxygen atoms in total. The smallest absolute Gasteiger partial charge is 0.129 e. The fourth-order valence-corrected chi connectivity index (χ4v) is 2.76. The molecule has 1 saturated carbocycles. The first-order chi connectivity index (χ1) is 8.86. The van der Waals surface area contributed by atoms with Crippen molar-refractivity contribution in [3.05, 3.63) is 46.3 Å². The van der Waals surface area contributed by atoms with Crippen LogP contribution in [0, 0.1) is 0 Å². The van der Waals surface area contributed by atoms with E-state index < -0.39 is 0 Å². The van der Waals surface area contributed by atoms with Crippen molar-refractivity contribution in [2.75, 3.05) is 4.90 Å². The van der Waals surface area contributed by atoms with Gasteiger partial charge in [0, 0.05) is 19.1 Å². The predicted octanol–water partition coefficient (Wildman–Crippen LogP) is 2.77. The monoisotopic (exact) mass is 259 g/mol. The summed E-state index contributed by atoms with van der Waals surface area (Å²) in [7, 11) is 0. The van der Waals surface area contributed by atoms with E-state index >= 15 is 0 Å². The molecule has 0 saturated heterocycles. The lowest BCUT2D eigenvalue weighted by molar-refractivity contribution is 0.774. The average Bonchev–Trinajstić information content (AvgIpc) is 3.13. The number of pyridine rings is 1. The molecule has 94 valence electrons. The van der Waals surface area contributed by atoms with Crippen molar-refractivity contribution in [1.29, 1.82) is 0 Å². The van der Waals surface area contributed by atoms with E-state index in [-0.39, 0.29) is 0 Å². The van der Waals surface area contributed by atoms with E-state index in [1.807, 2.05) is 12.1 Å². The number of anilines is 1. The van der Waals surface area contributed by atoms with Gasteiger partial charge in [-0.25, -0.2) is 4.98 Å². The summed E-state index contributed by atoms with van der Waals surface area (Å²) in [6.07, 6.45) is 2.55. The fraction of sp³-hybridized carbons (Fsp3) is 0.357. The van der Waals surface area contributed by atoms with Crippen LogP contribution in [0.4, 0.5) is 5.82 Å². The summed E-state index contributed by atoms with van der Waals surface area (Å²) in [5.41, 5.74) is 8.00. The zero-order valence-electron chi connectivity index (χ0n) is 10.2. The molecule has 4 heteroatoms. The molecule has 0 atom stereocenters. The summed E-state index contributed by atoms with van der Waals surface area (Å²) in [4.78, 5) is 7.04. The van der Waals surface area contributed by atoms with Crippen molar-refractivity contribution in [3.63, 3.8) is 0 Å². The van der Waals surface area contributed by atoms with Crippen LogP contribution < -0.4 is 10.6 Å². The van der Waals surface area contributed by atoms with Gasteiger partial charge in [0.25, 0.3) is 0 Å². The van der Waals surface area contributed by atoms with Crippen molar-refractivity contribution in [2.45, 2.75) is 32.0 Å². The van der Waals surface area contributed by atoms with E-state index in [9.17, 15) is 0 Å². The number of hydrogen-bond donors (Lipinski definition) is 1. The molecule has 0 aliphatic heterocycles. The largest absolute Gasteiger partial charge is 0.349 e. The molecule has 0 radical (unpaired) electrons. The van der Waals surface area contributed by atoms with Gasteiger partial charge in [-0.3, -0.25) is 0 Å². The van der Waals surface area contributed by atoms with Crippen LogP contribution in [-0.2, 0) is 13.1 Å². The number of nitrogens with two attached hydrogens (primary N) is 1. The second-order valence-electron chi connectivity index (χ2n) is 4.68. The van der Waals surface area contributed by atoms with Gasteiger partial charge < -0.3 is 10.6 Å². The Kier molecular flexibility index (Phi) is 3.30. The normalized spacial score (nSPS) is 14.7. The molecule has 0 aromatic carbocycles. The van der Waals surface area contributed by atoms with E-state index in [1.54, 1.807) is 11.3 Å². The first kappa shape index (κ1) is 11.7. The number of nitrogens with zero attached hydrogens (tertiary/aromatic N) is 2. The molecular weight excluding hydrogens is 242 g/mol. The summed E-state index contributed by atoms with van der Waals surface area (Å²) in [6.45, 7) is 1.46. The van der Waals surface area contributed by atoms with Crippen LogP contribution in [0.1, 0.15) is 24.1 Å². The highest BCUT2D eigenvalue weighted by atomic mass is 32.1. The van der Waals surface area contributed by atoms with Crippen LogP contribution in [0.25, 0.3) is 0 Å². The SMILES string of the molecule is NCc1cccc(N(Cc2ccsc2)C2CC2)n1. The molecule has 1 aliphatic rings. The Bertz CT molecular complexity index is 506. The molecule has 0 unspecified atom stereocenters. The maximum absolute atomic E-state index is 5.67. The third kappa shape index (κ3) is 2.54. The topological polar surface area (TPSA) is 42.1 Å². The maximum Gasteiger partial charge on any atom is 0.129 e. The molecule has 2 aromatic heterocycles. The van der Waals surface area contributed by atoms with Gasteiger partial charge in [-0.1, -0.05) is 6.07 Å². The quantitative estimate of drug-likeness (QED) is 0.897. The second-order valence-corrected chi connectivity index (χ2v) is 5.46. The molecule has 0 amide bonds. The van der Waals surface area contributed by atoms with E-state index in [1.165, 1.54) is 18.4 Å². The molecule has 2 heterocycles. The highest BCUT2D eigenvalue weighted by Crippen LogP contribution is 2.32. The number of hydrogen-bond acceptors (Lipinski definition) is 4. The third-order valence-electron chi connectivity index (χ3n) is 3.22. The van der Waals surface area contributed by atoms with Gasteiger partial charge in [0.2, 0.25) is 0 Å². The molecular formula is C14H17N3S. The fourth-order valence-electron chi connectivity index (χ4n) is 2.10. The molecule has 2 aromatic rings. The van der Waals surface area contributed by atoms with E-state index in [4.69, 9.17) is 5.73 Å². The Morgan fingerprint density at radius 3 is 2.89 bits per heavy atom. The summed E-state index contributed by atoms with van der Waals surface area (Å²) in [6, 6.07) is 8.97. The van der Waals surface area contributed by atoms with Gasteiger partial charge in [-0.15, -0.1) is 0 Å². The van der Waals surface area contributed by atoms with Crippen LogP contribution >= 0.6 is 11.3 Å². The van der Waals surface area contributed by atoms with Gasteiger partial charge in [-0.2, -0.15) is 11.3 Å². The Morgan fingerprint density at radius 1 is 1.33 bits per heavy atom. The number of aromatic nitrogens is 1. The minimum absolute atomic E-state index is 0.505. The molecule has 0 bridgehead atoms. The summed E-state index contributed by atoms with van der Waals surface area (Å²) in [5, 5.41) is 4.34. The summed E-state index contributed by atoms with van der Waals surface area (Å²) in [5.74, 6) is 1.06. The Hall–Kier alpha value is -1.39. The summed E-state index contributed by atoms with van der Waals surface area (Å²) < 4.78 is 0. The zero-order chi connectivity index (χ0) is 12.4. The number of rotatable bonds is 5. The van der Waals surface area contributed by atoms with Crippen LogP contribution in [0.2, 0.25) is 0 Å².